The van der Waals surface area contributed by atoms with E-state index in [0.717, 1.165) is 6.08 Å². The number of ketones is 1. The largest absolute Gasteiger partial charge is 0.416 e. The maximum Gasteiger partial charge on any atom is 0.416 e. The molecule has 8 heteroatoms. The van der Waals surface area contributed by atoms with Crippen LogP contribution < -0.4 is 0 Å². The minimum atomic E-state index is -4.91. The van der Waals surface area contributed by atoms with Crippen molar-refractivity contribution in [2.24, 2.45) is 0 Å². The minimum Gasteiger partial charge on any atom is -0.323 e. The van der Waals surface area contributed by atoms with E-state index in [0.29, 0.717) is 12.1 Å². The molecule has 0 saturated carbocycles. The van der Waals surface area contributed by atoms with Crippen molar-refractivity contribution in [3.8, 4) is 11.3 Å². The van der Waals surface area contributed by atoms with E-state index in [-0.39, 0.29) is 23.1 Å². The molecule has 0 bridgehead atoms. The van der Waals surface area contributed by atoms with Gasteiger partial charge < -0.3 is 4.57 Å². The Labute approximate surface area is 133 Å². The van der Waals surface area contributed by atoms with Crippen LogP contribution in [0, 0.1) is 0 Å². The third-order valence-electron chi connectivity index (χ3n) is 3.13. The van der Waals surface area contributed by atoms with Crippen LogP contribution >= 0.6 is 0 Å². The normalized spacial score (nSPS) is 12.8. The predicted octanol–water partition coefficient (Wildman–Crippen LogP) is 5.25. The summed E-state index contributed by atoms with van der Waals surface area (Å²) in [5, 5.41) is 0. The summed E-state index contributed by atoms with van der Waals surface area (Å²) >= 11 is 0. The number of benzene rings is 1. The van der Waals surface area contributed by atoms with Crippen LogP contribution in [0.1, 0.15) is 18.1 Å². The molecule has 0 aliphatic carbocycles. The van der Waals surface area contributed by atoms with Crippen LogP contribution in [-0.2, 0) is 17.1 Å². The number of rotatable bonds is 3. The Morgan fingerprint density at radius 2 is 1.54 bits per heavy atom. The van der Waals surface area contributed by atoms with Gasteiger partial charge >= 0.3 is 12.4 Å². The quantitative estimate of drug-likeness (QED) is 0.549. The number of nitrogens with zero attached hydrogens (tertiary/aromatic N) is 1. The molecule has 0 radical (unpaired) electrons. The highest BCUT2D eigenvalue weighted by Crippen LogP contribution is 2.38. The first-order valence-electron chi connectivity index (χ1n) is 6.64. The molecule has 2 nitrogen and oxygen atoms in total. The van der Waals surface area contributed by atoms with Crippen molar-refractivity contribution in [1.29, 1.82) is 0 Å². The highest BCUT2D eigenvalue weighted by Gasteiger charge is 2.37. The van der Waals surface area contributed by atoms with E-state index < -0.39 is 23.5 Å². The molecule has 2 rings (SSSR count). The van der Waals surface area contributed by atoms with Crippen molar-refractivity contribution in [2.75, 3.05) is 0 Å². The molecule has 1 aromatic carbocycles. The highest BCUT2D eigenvalue weighted by molar-refractivity contribution is 5.90. The highest BCUT2D eigenvalue weighted by atomic mass is 19.4. The zero-order valence-corrected chi connectivity index (χ0v) is 12.2. The zero-order chi connectivity index (χ0) is 18.1. The van der Waals surface area contributed by atoms with Gasteiger partial charge in [-0.25, -0.2) is 0 Å². The maximum absolute atomic E-state index is 12.9. The molecule has 0 unspecified atom stereocenters. The third kappa shape index (κ3) is 4.06. The molecule has 1 aromatic heterocycles. The van der Waals surface area contributed by atoms with E-state index >= 15 is 0 Å². The van der Waals surface area contributed by atoms with Crippen molar-refractivity contribution in [1.82, 2.24) is 4.57 Å². The van der Waals surface area contributed by atoms with Crippen LogP contribution in [-0.4, -0.2) is 10.4 Å². The summed E-state index contributed by atoms with van der Waals surface area (Å²) in [4.78, 5) is 11.0. The number of halogens is 6. The van der Waals surface area contributed by atoms with Gasteiger partial charge in [-0.15, -0.1) is 0 Å². The molecule has 0 aliphatic rings. The Bertz CT molecular complexity index is 750. The second-order valence-corrected chi connectivity index (χ2v) is 5.02. The van der Waals surface area contributed by atoms with E-state index in [9.17, 15) is 31.1 Å². The van der Waals surface area contributed by atoms with E-state index in [2.05, 4.69) is 0 Å². The summed E-state index contributed by atoms with van der Waals surface area (Å²) in [5.41, 5.74) is -2.94. The van der Waals surface area contributed by atoms with E-state index in [1.807, 2.05) is 0 Å². The van der Waals surface area contributed by atoms with Crippen LogP contribution in [0.3, 0.4) is 0 Å². The molecule has 128 valence electrons. The molecule has 0 atom stereocenters. The smallest absolute Gasteiger partial charge is 0.323 e. The Morgan fingerprint density at radius 3 is 2.00 bits per heavy atom. The van der Waals surface area contributed by atoms with Crippen LogP contribution in [0.25, 0.3) is 17.5 Å². The average molecular weight is 347 g/mol. The van der Waals surface area contributed by atoms with Gasteiger partial charge in [0.15, 0.2) is 5.78 Å². The fourth-order valence-corrected chi connectivity index (χ4v) is 2.06. The molecule has 0 aliphatic heterocycles. The Kier molecular flexibility index (Phi) is 4.59. The number of aromatic nitrogens is 1. The molecular weight excluding hydrogens is 336 g/mol. The Morgan fingerprint density at radius 1 is 1.00 bits per heavy atom. The lowest BCUT2D eigenvalue weighted by Gasteiger charge is -2.14. The lowest BCUT2D eigenvalue weighted by atomic mass is 10.0. The lowest BCUT2D eigenvalue weighted by Crippen LogP contribution is -2.11. The van der Waals surface area contributed by atoms with Gasteiger partial charge in [-0.2, -0.15) is 26.3 Å². The minimum absolute atomic E-state index is 0.0716. The monoisotopic (exact) mass is 347 g/mol. The molecule has 0 saturated heterocycles. The van der Waals surface area contributed by atoms with Crippen molar-refractivity contribution in [2.45, 2.75) is 19.3 Å². The topological polar surface area (TPSA) is 22.0 Å². The fraction of sp³-hybridized carbons (Fsp3) is 0.188. The van der Waals surface area contributed by atoms with Gasteiger partial charge in [0.05, 0.1) is 16.8 Å². The molecule has 0 amide bonds. The van der Waals surface area contributed by atoms with Gasteiger partial charge in [0.25, 0.3) is 0 Å². The van der Waals surface area contributed by atoms with Gasteiger partial charge in [-0.3, -0.25) is 4.79 Å². The van der Waals surface area contributed by atoms with Gasteiger partial charge in [0.2, 0.25) is 0 Å². The van der Waals surface area contributed by atoms with Crippen LogP contribution in [0.5, 0.6) is 0 Å². The first-order chi connectivity index (χ1) is 11.0. The second kappa shape index (κ2) is 6.18. The standard InChI is InChI=1S/C16H11F6NO/c1-10(24)4-6-23-5-2-3-14(23)11-7-12(15(17,18)19)9-13(8-11)16(20,21)22/h2-9H,1H3/b6-4-. The van der Waals surface area contributed by atoms with Crippen molar-refractivity contribution >= 4 is 12.0 Å². The summed E-state index contributed by atoms with van der Waals surface area (Å²) in [7, 11) is 0. The third-order valence-corrected chi connectivity index (χ3v) is 3.13. The SMILES string of the molecule is CC(=O)/C=C\n1cccc1-c1cc(C(F)(F)F)cc(C(F)(F)F)c1. The number of carbonyl (C=O) groups excluding carboxylic acids is 1. The summed E-state index contributed by atoms with van der Waals surface area (Å²) < 4.78 is 78.7. The maximum atomic E-state index is 12.9. The van der Waals surface area contributed by atoms with Gasteiger partial charge in [-0.05, 0) is 48.9 Å². The average Bonchev–Trinajstić information content (AvgIpc) is 2.91. The Balaban J connectivity index is 2.63. The number of alkyl halides is 6. The molecule has 1 heterocycles. The Hall–Kier alpha value is -2.51. The van der Waals surface area contributed by atoms with Crippen LogP contribution in [0.2, 0.25) is 0 Å². The number of allylic oxidation sites excluding steroid dienone is 1. The van der Waals surface area contributed by atoms with Crippen molar-refractivity contribution in [3.05, 3.63) is 53.7 Å². The van der Waals surface area contributed by atoms with Gasteiger partial charge in [0, 0.05) is 12.4 Å². The number of hydrogen-bond donors (Lipinski definition) is 0. The van der Waals surface area contributed by atoms with E-state index in [1.54, 1.807) is 0 Å². The van der Waals surface area contributed by atoms with E-state index in [4.69, 9.17) is 0 Å². The molecule has 2 aromatic rings. The summed E-state index contributed by atoms with van der Waals surface area (Å²) in [6, 6.07) is 4.17. The second-order valence-electron chi connectivity index (χ2n) is 5.02. The lowest BCUT2D eigenvalue weighted by molar-refractivity contribution is -0.143. The van der Waals surface area contributed by atoms with Crippen LogP contribution in [0.15, 0.2) is 42.6 Å². The van der Waals surface area contributed by atoms with Crippen molar-refractivity contribution in [3.63, 3.8) is 0 Å². The number of hydrogen-bond acceptors (Lipinski definition) is 1. The summed E-state index contributed by atoms with van der Waals surface area (Å²) in [5.74, 6) is -0.310. The fourth-order valence-electron chi connectivity index (χ4n) is 2.06. The molecule has 0 N–H and O–H groups in total. The molecular formula is C16H11F6NO. The van der Waals surface area contributed by atoms with E-state index in [1.165, 1.54) is 36.0 Å². The van der Waals surface area contributed by atoms with Gasteiger partial charge in [0.1, 0.15) is 0 Å². The van der Waals surface area contributed by atoms with Crippen molar-refractivity contribution < 1.29 is 31.1 Å². The molecule has 0 spiro atoms. The summed E-state index contributed by atoms with van der Waals surface area (Å²) in [6.07, 6.45) is -5.99. The molecule has 24 heavy (non-hydrogen) atoms. The first-order valence-corrected chi connectivity index (χ1v) is 6.64. The van der Waals surface area contributed by atoms with Gasteiger partial charge in [-0.1, -0.05) is 0 Å². The zero-order valence-electron chi connectivity index (χ0n) is 12.2. The first kappa shape index (κ1) is 17.8. The summed E-state index contributed by atoms with van der Waals surface area (Å²) in [6.45, 7) is 1.27. The molecule has 0 fully saturated rings. The van der Waals surface area contributed by atoms with Crippen LogP contribution in [0.4, 0.5) is 26.3 Å². The number of carbonyl (C=O) groups is 1. The predicted molar refractivity (Wildman–Crippen MR) is 75.9 cm³/mol.